The van der Waals surface area contributed by atoms with Crippen molar-refractivity contribution in [3.8, 4) is 5.75 Å². The van der Waals surface area contributed by atoms with Crippen LogP contribution in [0.25, 0.3) is 0 Å². The quantitative estimate of drug-likeness (QED) is 0.748. The van der Waals surface area contributed by atoms with Crippen molar-refractivity contribution < 1.29 is 9.53 Å². The van der Waals surface area contributed by atoms with Crippen molar-refractivity contribution in [1.82, 2.24) is 10.2 Å². The van der Waals surface area contributed by atoms with Crippen molar-refractivity contribution in [3.63, 3.8) is 0 Å². The maximum Gasteiger partial charge on any atom is 0.246 e. The van der Waals surface area contributed by atoms with Crippen LogP contribution in [0.3, 0.4) is 0 Å². The number of ether oxygens (including phenoxy) is 1. The smallest absolute Gasteiger partial charge is 0.246 e. The van der Waals surface area contributed by atoms with Gasteiger partial charge in [-0.25, -0.2) is 0 Å². The zero-order valence-corrected chi connectivity index (χ0v) is 13.5. The third-order valence-corrected chi connectivity index (χ3v) is 3.03. The third-order valence-electron chi connectivity index (χ3n) is 3.03. The lowest BCUT2D eigenvalue weighted by Crippen LogP contribution is -2.23. The topological polar surface area (TPSA) is 41.6 Å². The fourth-order valence-electron chi connectivity index (χ4n) is 1.81. The van der Waals surface area contributed by atoms with Gasteiger partial charge >= 0.3 is 0 Å². The lowest BCUT2D eigenvalue weighted by molar-refractivity contribution is -0.117. The molecule has 21 heavy (non-hydrogen) atoms. The summed E-state index contributed by atoms with van der Waals surface area (Å²) in [6.07, 6.45) is 2.80. The molecule has 1 rings (SSSR count). The maximum absolute atomic E-state index is 11.8. The van der Waals surface area contributed by atoms with Crippen molar-refractivity contribution >= 4 is 5.91 Å². The van der Waals surface area contributed by atoms with E-state index in [1.807, 2.05) is 58.3 Å². The van der Waals surface area contributed by atoms with Gasteiger partial charge in [0.05, 0.1) is 0 Å². The highest BCUT2D eigenvalue weighted by Gasteiger charge is 2.04. The summed E-state index contributed by atoms with van der Waals surface area (Å²) in [4.78, 5) is 13.9. The summed E-state index contributed by atoms with van der Waals surface area (Å²) in [5.41, 5.74) is 1.80. The maximum atomic E-state index is 11.8. The van der Waals surface area contributed by atoms with Crippen LogP contribution in [0.5, 0.6) is 5.75 Å². The van der Waals surface area contributed by atoms with Gasteiger partial charge in [0.1, 0.15) is 12.4 Å². The summed E-state index contributed by atoms with van der Waals surface area (Å²) >= 11 is 0. The molecule has 1 N–H and O–H groups in total. The van der Waals surface area contributed by atoms with Gasteiger partial charge in [-0.15, -0.1) is 0 Å². The van der Waals surface area contributed by atoms with Gasteiger partial charge in [0.2, 0.25) is 5.91 Å². The van der Waals surface area contributed by atoms with E-state index in [2.05, 4.69) is 10.2 Å². The Labute approximate surface area is 127 Å². The molecule has 1 amide bonds. The Morgan fingerprint density at radius 2 is 2.14 bits per heavy atom. The normalized spacial score (nSPS) is 11.6. The average Bonchev–Trinajstić information content (AvgIpc) is 2.45. The Kier molecular flexibility index (Phi) is 7.54. The zero-order chi connectivity index (χ0) is 15.7. The van der Waals surface area contributed by atoms with Crippen LogP contribution in [-0.2, 0) is 11.3 Å². The standard InChI is InChI=1S/C17H26N2O2/c1-5-7-14(2)17(20)18-13-15-8-6-9-16(12-15)21-11-10-19(3)4/h6-9,12H,5,10-11,13H2,1-4H3,(H,18,20)/b14-7+. The van der Waals surface area contributed by atoms with E-state index < -0.39 is 0 Å². The van der Waals surface area contributed by atoms with Crippen LogP contribution in [0, 0.1) is 0 Å². The number of nitrogens with one attached hydrogen (secondary N) is 1. The van der Waals surface area contributed by atoms with Crippen molar-refractivity contribution in [2.45, 2.75) is 26.8 Å². The summed E-state index contributed by atoms with van der Waals surface area (Å²) < 4.78 is 5.68. The zero-order valence-electron chi connectivity index (χ0n) is 13.5. The Morgan fingerprint density at radius 3 is 2.81 bits per heavy atom. The summed E-state index contributed by atoms with van der Waals surface area (Å²) in [6.45, 7) is 5.90. The second-order valence-electron chi connectivity index (χ2n) is 5.28. The van der Waals surface area contributed by atoms with Crippen LogP contribution < -0.4 is 10.1 Å². The number of allylic oxidation sites excluding steroid dienone is 1. The highest BCUT2D eigenvalue weighted by Crippen LogP contribution is 2.13. The lowest BCUT2D eigenvalue weighted by Gasteiger charge is -2.12. The molecule has 0 aliphatic rings. The number of benzene rings is 1. The number of amides is 1. The number of hydrogen-bond donors (Lipinski definition) is 1. The van der Waals surface area contributed by atoms with Gasteiger partial charge in [0.25, 0.3) is 0 Å². The monoisotopic (exact) mass is 290 g/mol. The lowest BCUT2D eigenvalue weighted by atomic mass is 10.2. The van der Waals surface area contributed by atoms with Gasteiger partial charge < -0.3 is 15.0 Å². The van der Waals surface area contributed by atoms with Crippen molar-refractivity contribution in [2.75, 3.05) is 27.2 Å². The summed E-state index contributed by atoms with van der Waals surface area (Å²) in [5, 5.41) is 2.91. The highest BCUT2D eigenvalue weighted by atomic mass is 16.5. The second kappa shape index (κ2) is 9.19. The highest BCUT2D eigenvalue weighted by molar-refractivity contribution is 5.92. The van der Waals surface area contributed by atoms with Gasteiger partial charge in [0.15, 0.2) is 0 Å². The molecule has 1 aromatic carbocycles. The predicted octanol–water partition coefficient (Wildman–Crippen LogP) is 2.60. The van der Waals surface area contributed by atoms with E-state index in [1.165, 1.54) is 0 Å². The van der Waals surface area contributed by atoms with Gasteiger partial charge in [-0.2, -0.15) is 0 Å². The molecule has 4 heteroatoms. The minimum absolute atomic E-state index is 0.0178. The summed E-state index contributed by atoms with van der Waals surface area (Å²) in [5.74, 6) is 0.820. The molecule has 0 radical (unpaired) electrons. The van der Waals surface area contributed by atoms with Crippen LogP contribution in [0.15, 0.2) is 35.9 Å². The molecule has 0 saturated heterocycles. The predicted molar refractivity (Wildman–Crippen MR) is 86.4 cm³/mol. The molecule has 0 aromatic heterocycles. The second-order valence-corrected chi connectivity index (χ2v) is 5.28. The molecular formula is C17H26N2O2. The fourth-order valence-corrected chi connectivity index (χ4v) is 1.81. The van der Waals surface area contributed by atoms with Crippen LogP contribution in [-0.4, -0.2) is 38.1 Å². The number of rotatable bonds is 8. The van der Waals surface area contributed by atoms with Crippen molar-refractivity contribution in [3.05, 3.63) is 41.5 Å². The molecule has 0 unspecified atom stereocenters. The Balaban J connectivity index is 2.49. The first kappa shape index (κ1) is 17.2. The van der Waals surface area contributed by atoms with Crippen LogP contribution in [0.4, 0.5) is 0 Å². The molecule has 0 fully saturated rings. The van der Waals surface area contributed by atoms with Gasteiger partial charge in [0, 0.05) is 18.7 Å². The SMILES string of the molecule is CC/C=C(\C)C(=O)NCc1cccc(OCCN(C)C)c1. The Bertz CT molecular complexity index is 481. The first-order chi connectivity index (χ1) is 10.0. The number of likely N-dealkylation sites (N-methyl/N-ethyl adjacent to an activating group) is 1. The molecule has 0 heterocycles. The van der Waals surface area contributed by atoms with E-state index in [0.717, 1.165) is 29.9 Å². The largest absolute Gasteiger partial charge is 0.492 e. The van der Waals surface area contributed by atoms with Crippen LogP contribution in [0.1, 0.15) is 25.8 Å². The number of nitrogens with zero attached hydrogens (tertiary/aromatic N) is 1. The number of carbonyl (C=O) groups is 1. The molecule has 0 spiro atoms. The van der Waals surface area contributed by atoms with Crippen molar-refractivity contribution in [1.29, 1.82) is 0 Å². The molecule has 116 valence electrons. The Morgan fingerprint density at radius 1 is 1.38 bits per heavy atom. The Hall–Kier alpha value is -1.81. The number of carbonyl (C=O) groups excluding carboxylic acids is 1. The van der Waals surface area contributed by atoms with Crippen molar-refractivity contribution in [2.24, 2.45) is 0 Å². The minimum Gasteiger partial charge on any atom is -0.492 e. The molecular weight excluding hydrogens is 264 g/mol. The van der Waals surface area contributed by atoms with Gasteiger partial charge in [-0.1, -0.05) is 25.1 Å². The van der Waals surface area contributed by atoms with Gasteiger partial charge in [-0.3, -0.25) is 4.79 Å². The van der Waals surface area contributed by atoms with E-state index in [-0.39, 0.29) is 5.91 Å². The molecule has 0 aliphatic carbocycles. The first-order valence-electron chi connectivity index (χ1n) is 7.34. The van der Waals surface area contributed by atoms with Crippen LogP contribution >= 0.6 is 0 Å². The van der Waals surface area contributed by atoms with E-state index in [1.54, 1.807) is 0 Å². The number of hydrogen-bond acceptors (Lipinski definition) is 3. The molecule has 1 aromatic rings. The van der Waals surface area contributed by atoms with E-state index in [0.29, 0.717) is 13.2 Å². The van der Waals surface area contributed by atoms with Crippen LogP contribution in [0.2, 0.25) is 0 Å². The molecule has 0 saturated carbocycles. The van der Waals surface area contributed by atoms with E-state index in [9.17, 15) is 4.79 Å². The molecule has 0 bridgehead atoms. The molecule has 4 nitrogen and oxygen atoms in total. The molecule has 0 aliphatic heterocycles. The molecule has 0 atom stereocenters. The fraction of sp³-hybridized carbons (Fsp3) is 0.471. The average molecular weight is 290 g/mol. The minimum atomic E-state index is -0.0178. The van der Waals surface area contributed by atoms with Gasteiger partial charge in [-0.05, 0) is 45.1 Å². The third kappa shape index (κ3) is 6.95. The summed E-state index contributed by atoms with van der Waals surface area (Å²) in [7, 11) is 4.03. The van der Waals surface area contributed by atoms with E-state index in [4.69, 9.17) is 4.74 Å². The summed E-state index contributed by atoms with van der Waals surface area (Å²) in [6, 6.07) is 7.83. The van der Waals surface area contributed by atoms with E-state index >= 15 is 0 Å². The first-order valence-corrected chi connectivity index (χ1v) is 7.34.